The summed E-state index contributed by atoms with van der Waals surface area (Å²) < 4.78 is 5.64. The molecule has 270 valence electrons. The summed E-state index contributed by atoms with van der Waals surface area (Å²) in [5.74, 6) is 0.871. The molecule has 52 heavy (non-hydrogen) atoms. The van der Waals surface area contributed by atoms with Gasteiger partial charge in [-0.05, 0) is 87.9 Å². The summed E-state index contributed by atoms with van der Waals surface area (Å²) in [6.45, 7) is 7.18. The fraction of sp³-hybridized carbons (Fsp3) is 0.400. The van der Waals surface area contributed by atoms with E-state index in [0.29, 0.717) is 80.8 Å². The monoisotopic (exact) mass is 701 g/mol. The molecule has 0 bridgehead atoms. The quantitative estimate of drug-likeness (QED) is 0.128. The molecule has 3 fully saturated rings. The average molecular weight is 702 g/mol. The van der Waals surface area contributed by atoms with Gasteiger partial charge >= 0.3 is 0 Å². The zero-order valence-corrected chi connectivity index (χ0v) is 29.9. The predicted octanol–water partition coefficient (Wildman–Crippen LogP) is 4.72. The minimum atomic E-state index is -0.526. The lowest BCUT2D eigenvalue weighted by Gasteiger charge is -2.29. The van der Waals surface area contributed by atoms with Crippen molar-refractivity contribution in [1.29, 1.82) is 10.8 Å². The number of benzene rings is 2. The number of nitrogen functional groups attached to an aromatic ring is 1. The molecule has 1 spiro atoms. The van der Waals surface area contributed by atoms with E-state index >= 15 is 0 Å². The molecule has 3 aromatic rings. The van der Waals surface area contributed by atoms with Crippen LogP contribution in [-0.4, -0.2) is 95.9 Å². The van der Waals surface area contributed by atoms with Gasteiger partial charge in [-0.2, -0.15) is 0 Å². The van der Waals surface area contributed by atoms with Crippen LogP contribution in [0.4, 0.5) is 11.4 Å². The van der Waals surface area contributed by atoms with Crippen LogP contribution in [0.3, 0.4) is 0 Å². The number of nitrogens with zero attached hydrogens (tertiary/aromatic N) is 5. The molecule has 4 aliphatic rings. The third-order valence-corrected chi connectivity index (χ3v) is 10.5. The van der Waals surface area contributed by atoms with Crippen LogP contribution >= 0.6 is 0 Å². The smallest absolute Gasteiger partial charge is 0.237 e. The molecule has 2 saturated heterocycles. The lowest BCUT2D eigenvalue weighted by atomic mass is 9.85. The van der Waals surface area contributed by atoms with E-state index in [4.69, 9.17) is 21.3 Å². The number of hydrogen-bond acceptors (Lipinski definition) is 8. The normalized spacial score (nSPS) is 20.6. The van der Waals surface area contributed by atoms with Crippen LogP contribution in [0.2, 0.25) is 0 Å². The highest BCUT2D eigenvalue weighted by Crippen LogP contribution is 2.43. The van der Waals surface area contributed by atoms with Crippen LogP contribution in [-0.2, 0) is 9.59 Å². The number of likely N-dealkylation sites (tertiary alicyclic amines) is 1. The Morgan fingerprint density at radius 3 is 2.54 bits per heavy atom. The van der Waals surface area contributed by atoms with E-state index in [2.05, 4.69) is 26.3 Å². The number of carbonyl (C=O) groups excluding carboxylic acids is 2. The number of amides is 2. The summed E-state index contributed by atoms with van der Waals surface area (Å²) in [6, 6.07) is 17.4. The van der Waals surface area contributed by atoms with Crippen molar-refractivity contribution in [2.24, 2.45) is 10.4 Å². The van der Waals surface area contributed by atoms with Crippen molar-refractivity contribution in [3.8, 4) is 5.88 Å². The third kappa shape index (κ3) is 7.62. The van der Waals surface area contributed by atoms with Crippen molar-refractivity contribution in [2.45, 2.75) is 58.1 Å². The van der Waals surface area contributed by atoms with Gasteiger partial charge in [0.2, 0.25) is 17.7 Å². The van der Waals surface area contributed by atoms with Crippen LogP contribution in [0.15, 0.2) is 71.9 Å². The maximum atomic E-state index is 14.0. The van der Waals surface area contributed by atoms with Gasteiger partial charge in [0.15, 0.2) is 5.84 Å². The molecule has 1 aromatic heterocycles. The van der Waals surface area contributed by atoms with E-state index in [0.717, 1.165) is 23.2 Å². The lowest BCUT2D eigenvalue weighted by Crippen LogP contribution is -2.43. The van der Waals surface area contributed by atoms with E-state index in [9.17, 15) is 9.59 Å². The molecule has 7 rings (SSSR count). The Hall–Kier alpha value is -5.36. The maximum absolute atomic E-state index is 14.0. The average Bonchev–Trinajstić information content (AvgIpc) is 3.81. The zero-order valence-electron chi connectivity index (χ0n) is 29.9. The first-order chi connectivity index (χ1) is 25.1. The van der Waals surface area contributed by atoms with E-state index < -0.39 is 5.41 Å². The second-order valence-electron chi connectivity index (χ2n) is 14.6. The summed E-state index contributed by atoms with van der Waals surface area (Å²) in [5.41, 5.74) is 11.4. The summed E-state index contributed by atoms with van der Waals surface area (Å²) in [4.78, 5) is 41.8. The molecule has 1 saturated carbocycles. The largest absolute Gasteiger partial charge is 0.475 e. The van der Waals surface area contributed by atoms with Gasteiger partial charge in [-0.3, -0.25) is 25.3 Å². The number of hydrogen-bond donors (Lipinski definition) is 4. The number of rotatable bonds is 11. The maximum Gasteiger partial charge on any atom is 0.237 e. The van der Waals surface area contributed by atoms with Gasteiger partial charge in [-0.25, -0.2) is 9.98 Å². The van der Waals surface area contributed by atoms with Crippen molar-refractivity contribution >= 4 is 46.6 Å². The molecule has 2 amide bonds. The van der Waals surface area contributed by atoms with Gasteiger partial charge in [0, 0.05) is 72.5 Å². The molecule has 1 aliphatic carbocycles. The summed E-state index contributed by atoms with van der Waals surface area (Å²) in [6.07, 6.45) is 9.87. The van der Waals surface area contributed by atoms with E-state index in [-0.39, 0.29) is 29.5 Å². The first-order valence-corrected chi connectivity index (χ1v) is 18.2. The molecule has 4 heterocycles. The fourth-order valence-corrected chi connectivity index (χ4v) is 7.29. The van der Waals surface area contributed by atoms with Gasteiger partial charge in [-0.15, -0.1) is 0 Å². The molecule has 12 heteroatoms. The molecule has 1 atom stereocenters. The Balaban J connectivity index is 0.926. The molecule has 0 unspecified atom stereocenters. The van der Waals surface area contributed by atoms with Crippen molar-refractivity contribution in [3.63, 3.8) is 0 Å². The molecule has 2 aromatic carbocycles. The predicted molar refractivity (Wildman–Crippen MR) is 204 cm³/mol. The Morgan fingerprint density at radius 1 is 1.08 bits per heavy atom. The molecule has 3 aliphatic heterocycles. The Kier molecular flexibility index (Phi) is 9.92. The first kappa shape index (κ1) is 35.1. The van der Waals surface area contributed by atoms with Gasteiger partial charge in [0.1, 0.15) is 0 Å². The van der Waals surface area contributed by atoms with Crippen molar-refractivity contribution < 1.29 is 14.3 Å². The highest BCUT2D eigenvalue weighted by molar-refractivity contribution is 6.14. The second kappa shape index (κ2) is 14.7. The fourth-order valence-electron chi connectivity index (χ4n) is 7.29. The van der Waals surface area contributed by atoms with E-state index in [1.807, 2.05) is 60.0 Å². The summed E-state index contributed by atoms with van der Waals surface area (Å²) in [5, 5.41) is 20.3. The molecule has 5 N–H and O–H groups in total. The lowest BCUT2D eigenvalue weighted by molar-refractivity contribution is -0.132. The van der Waals surface area contributed by atoms with Gasteiger partial charge in [0.05, 0.1) is 30.1 Å². The van der Waals surface area contributed by atoms with Crippen LogP contribution in [0.5, 0.6) is 5.88 Å². The van der Waals surface area contributed by atoms with Crippen molar-refractivity contribution in [1.82, 2.24) is 20.1 Å². The minimum Gasteiger partial charge on any atom is -0.475 e. The number of amidine groups is 1. The van der Waals surface area contributed by atoms with Crippen molar-refractivity contribution in [3.05, 3.63) is 89.1 Å². The van der Waals surface area contributed by atoms with Gasteiger partial charge < -0.3 is 25.6 Å². The number of anilines is 2. The SMILES string of the molecule is CC(C)Oc1ccc(C(=N)c2cc(N3CC[C@]4(CCN(CC(=O)N5CC=C(c6ccc(C(=N)/N=C\NC7CC7)cc6)CC5)C4)C3=O)ccc2N)cn1. The Labute approximate surface area is 304 Å². The van der Waals surface area contributed by atoms with Crippen LogP contribution in [0, 0.1) is 16.2 Å². The third-order valence-electron chi connectivity index (χ3n) is 10.5. The Bertz CT molecular complexity index is 1920. The highest BCUT2D eigenvalue weighted by atomic mass is 16.5. The number of aromatic nitrogens is 1. The molecule has 0 radical (unpaired) electrons. The molecular weight excluding hydrogens is 654 g/mol. The van der Waals surface area contributed by atoms with Crippen LogP contribution in [0.1, 0.15) is 68.2 Å². The molecule has 12 nitrogen and oxygen atoms in total. The number of nitrogens with one attached hydrogen (secondary N) is 3. The number of nitrogens with two attached hydrogens (primary N) is 1. The van der Waals surface area contributed by atoms with Gasteiger partial charge in [-0.1, -0.05) is 30.3 Å². The van der Waals surface area contributed by atoms with Gasteiger partial charge in [0.25, 0.3) is 0 Å². The summed E-state index contributed by atoms with van der Waals surface area (Å²) >= 11 is 0. The van der Waals surface area contributed by atoms with Crippen LogP contribution < -0.4 is 20.7 Å². The zero-order chi connectivity index (χ0) is 36.4. The minimum absolute atomic E-state index is 0.000929. The topological polar surface area (TPSA) is 164 Å². The number of pyridine rings is 1. The van der Waals surface area contributed by atoms with Crippen LogP contribution in [0.25, 0.3) is 5.57 Å². The highest BCUT2D eigenvalue weighted by Gasteiger charge is 2.51. The first-order valence-electron chi connectivity index (χ1n) is 18.2. The standard InChI is InChI=1S/C40H47N9O3/c1-26(2)52-35-12-7-30(22-44-35)37(42)33-21-32(10-11-34(33)41)49-20-16-40(39(49)51)15-19-47(24-40)23-36(50)48-17-13-28(14-18-48)27-3-5-29(6-4-27)38(43)46-25-45-31-8-9-31/h3-7,10-13,21-22,25-26,31,42H,8-9,14-20,23-24,41H2,1-2H3,(H2,43,45,46)/t40-/m0/s1. The summed E-state index contributed by atoms with van der Waals surface area (Å²) in [7, 11) is 0. The number of ether oxygens (including phenoxy) is 1. The van der Waals surface area contributed by atoms with E-state index in [1.54, 1.807) is 30.7 Å². The van der Waals surface area contributed by atoms with Crippen molar-refractivity contribution in [2.75, 3.05) is 49.9 Å². The number of aliphatic imine (C=N–C) groups is 1. The molecular formula is C40H47N9O3. The Morgan fingerprint density at radius 2 is 1.85 bits per heavy atom. The second-order valence-corrected chi connectivity index (χ2v) is 14.6. The van der Waals surface area contributed by atoms with E-state index in [1.165, 1.54) is 18.4 Å². The number of carbonyl (C=O) groups is 2.